The van der Waals surface area contributed by atoms with Crippen molar-refractivity contribution in [2.75, 3.05) is 19.6 Å². The van der Waals surface area contributed by atoms with Crippen LogP contribution in [0.25, 0.3) is 0 Å². The van der Waals surface area contributed by atoms with E-state index >= 15 is 0 Å². The van der Waals surface area contributed by atoms with Crippen LogP contribution in [0, 0.1) is 13.8 Å². The van der Waals surface area contributed by atoms with Gasteiger partial charge in [0.25, 0.3) is 0 Å². The van der Waals surface area contributed by atoms with Crippen LogP contribution < -0.4 is 5.32 Å². The lowest BCUT2D eigenvalue weighted by Gasteiger charge is -2.32. The summed E-state index contributed by atoms with van der Waals surface area (Å²) in [5, 5.41) is 3.63. The van der Waals surface area contributed by atoms with Gasteiger partial charge in [-0.3, -0.25) is 4.90 Å². The fraction of sp³-hybridized carbons (Fsp3) is 0.647. The lowest BCUT2D eigenvalue weighted by Crippen LogP contribution is -2.43. The maximum Gasteiger partial charge on any atom is 0.0208 e. The molecule has 0 spiro atoms. The van der Waals surface area contributed by atoms with Crippen LogP contribution in [0.1, 0.15) is 42.9 Å². The van der Waals surface area contributed by atoms with E-state index in [0.717, 1.165) is 13.1 Å². The molecule has 19 heavy (non-hydrogen) atoms. The van der Waals surface area contributed by atoms with Crippen LogP contribution in [0.5, 0.6) is 0 Å². The van der Waals surface area contributed by atoms with Crippen molar-refractivity contribution in [1.82, 2.24) is 10.2 Å². The second-order valence-electron chi connectivity index (χ2n) is 6.01. The van der Waals surface area contributed by atoms with E-state index in [4.69, 9.17) is 0 Å². The number of nitrogens with zero attached hydrogens (tertiary/aromatic N) is 1. The zero-order valence-electron chi connectivity index (χ0n) is 12.7. The molecule has 1 aromatic rings. The van der Waals surface area contributed by atoms with Crippen LogP contribution in [-0.2, 0) is 6.54 Å². The van der Waals surface area contributed by atoms with Crippen molar-refractivity contribution in [2.45, 2.75) is 52.6 Å². The first kappa shape index (κ1) is 14.5. The lowest BCUT2D eigenvalue weighted by atomic mass is 10.1. The largest absolute Gasteiger partial charge is 0.311 e. The average molecular weight is 260 g/mol. The first-order chi connectivity index (χ1) is 9.16. The molecule has 106 valence electrons. The Bertz CT molecular complexity index is 394. The third kappa shape index (κ3) is 4.32. The van der Waals surface area contributed by atoms with Crippen LogP contribution in [0.4, 0.5) is 0 Å². The molecule has 0 saturated carbocycles. The van der Waals surface area contributed by atoms with E-state index in [9.17, 15) is 0 Å². The zero-order chi connectivity index (χ0) is 13.7. The number of rotatable bonds is 5. The molecule has 1 atom stereocenters. The van der Waals surface area contributed by atoms with Crippen LogP contribution in [-0.4, -0.2) is 30.6 Å². The van der Waals surface area contributed by atoms with E-state index in [1.165, 1.54) is 49.0 Å². The number of benzene rings is 1. The highest BCUT2D eigenvalue weighted by atomic mass is 15.2. The Balaban J connectivity index is 1.77. The average Bonchev–Trinajstić information content (AvgIpc) is 2.43. The third-order valence-corrected chi connectivity index (χ3v) is 4.27. The second kappa shape index (κ2) is 7.06. The predicted octanol–water partition coefficient (Wildman–Crippen LogP) is 3.27. The molecule has 0 radical (unpaired) electrons. The molecule has 1 aliphatic rings. The van der Waals surface area contributed by atoms with E-state index in [2.05, 4.69) is 49.2 Å². The van der Waals surface area contributed by atoms with Gasteiger partial charge in [-0.25, -0.2) is 0 Å². The van der Waals surface area contributed by atoms with E-state index in [0.29, 0.717) is 6.04 Å². The van der Waals surface area contributed by atoms with Crippen molar-refractivity contribution >= 4 is 0 Å². The molecule has 2 heteroatoms. The van der Waals surface area contributed by atoms with E-state index in [1.807, 2.05) is 0 Å². The first-order valence-corrected chi connectivity index (χ1v) is 7.67. The summed E-state index contributed by atoms with van der Waals surface area (Å²) in [7, 11) is 0. The smallest absolute Gasteiger partial charge is 0.0208 e. The molecule has 1 heterocycles. The van der Waals surface area contributed by atoms with Gasteiger partial charge in [0.05, 0.1) is 0 Å². The molecule has 1 fully saturated rings. The summed E-state index contributed by atoms with van der Waals surface area (Å²) in [5.41, 5.74) is 4.18. The quantitative estimate of drug-likeness (QED) is 0.874. The van der Waals surface area contributed by atoms with Gasteiger partial charge < -0.3 is 5.32 Å². The van der Waals surface area contributed by atoms with Crippen molar-refractivity contribution in [3.8, 4) is 0 Å². The van der Waals surface area contributed by atoms with Crippen LogP contribution in [0.2, 0.25) is 0 Å². The first-order valence-electron chi connectivity index (χ1n) is 7.67. The molecule has 1 unspecified atom stereocenters. The number of aryl methyl sites for hydroxylation is 2. The van der Waals surface area contributed by atoms with Gasteiger partial charge in [0.2, 0.25) is 0 Å². The maximum atomic E-state index is 3.63. The molecule has 0 amide bonds. The maximum absolute atomic E-state index is 3.63. The van der Waals surface area contributed by atoms with Crippen molar-refractivity contribution in [3.63, 3.8) is 0 Å². The monoisotopic (exact) mass is 260 g/mol. The number of likely N-dealkylation sites (tertiary alicyclic amines) is 1. The summed E-state index contributed by atoms with van der Waals surface area (Å²) in [6.45, 7) is 11.4. The molecule has 1 N–H and O–H groups in total. The van der Waals surface area contributed by atoms with Gasteiger partial charge in [0.15, 0.2) is 0 Å². The molecule has 0 aliphatic carbocycles. The fourth-order valence-electron chi connectivity index (χ4n) is 2.89. The Kier molecular flexibility index (Phi) is 5.41. The zero-order valence-corrected chi connectivity index (χ0v) is 12.7. The van der Waals surface area contributed by atoms with Crippen molar-refractivity contribution in [3.05, 3.63) is 34.9 Å². The topological polar surface area (TPSA) is 15.3 Å². The highest BCUT2D eigenvalue weighted by Gasteiger charge is 2.15. The third-order valence-electron chi connectivity index (χ3n) is 4.27. The summed E-state index contributed by atoms with van der Waals surface area (Å²) in [6, 6.07) is 7.37. The highest BCUT2D eigenvalue weighted by molar-refractivity contribution is 5.30. The summed E-state index contributed by atoms with van der Waals surface area (Å²) in [4.78, 5) is 2.62. The standard InChI is InChI=1S/C17H28N2/c1-14-7-8-15(2)17(11-14)13-18-12-16(3)19-9-5-4-6-10-19/h7-8,11,16,18H,4-6,9-10,12-13H2,1-3H3. The van der Waals surface area contributed by atoms with Gasteiger partial charge in [0, 0.05) is 19.1 Å². The summed E-state index contributed by atoms with van der Waals surface area (Å²) < 4.78 is 0. The van der Waals surface area contributed by atoms with Crippen molar-refractivity contribution in [1.29, 1.82) is 0 Å². The SMILES string of the molecule is Cc1ccc(C)c(CNCC(C)N2CCCCC2)c1. The van der Waals surface area contributed by atoms with Gasteiger partial charge in [0.1, 0.15) is 0 Å². The number of piperidine rings is 1. The lowest BCUT2D eigenvalue weighted by molar-refractivity contribution is 0.170. The van der Waals surface area contributed by atoms with Gasteiger partial charge >= 0.3 is 0 Å². The number of hydrogen-bond acceptors (Lipinski definition) is 2. The molecule has 2 rings (SSSR count). The fourth-order valence-corrected chi connectivity index (χ4v) is 2.89. The van der Waals surface area contributed by atoms with Crippen LogP contribution in [0.3, 0.4) is 0 Å². The van der Waals surface area contributed by atoms with Crippen LogP contribution >= 0.6 is 0 Å². The molecule has 1 aliphatic heterocycles. The Hall–Kier alpha value is -0.860. The number of nitrogens with one attached hydrogen (secondary N) is 1. The van der Waals surface area contributed by atoms with Crippen LogP contribution in [0.15, 0.2) is 18.2 Å². The summed E-state index contributed by atoms with van der Waals surface area (Å²) >= 11 is 0. The minimum atomic E-state index is 0.658. The van der Waals surface area contributed by atoms with Gasteiger partial charge in [-0.05, 0) is 57.8 Å². The molecular weight excluding hydrogens is 232 g/mol. The van der Waals surface area contributed by atoms with E-state index in [-0.39, 0.29) is 0 Å². The minimum absolute atomic E-state index is 0.658. The summed E-state index contributed by atoms with van der Waals surface area (Å²) in [6.07, 6.45) is 4.17. The molecule has 1 saturated heterocycles. The Morgan fingerprint density at radius 2 is 1.89 bits per heavy atom. The predicted molar refractivity (Wildman–Crippen MR) is 82.5 cm³/mol. The summed E-state index contributed by atoms with van der Waals surface area (Å²) in [5.74, 6) is 0. The van der Waals surface area contributed by atoms with Gasteiger partial charge in [-0.1, -0.05) is 30.2 Å². The van der Waals surface area contributed by atoms with E-state index < -0.39 is 0 Å². The molecule has 1 aromatic carbocycles. The Morgan fingerprint density at radius 1 is 1.16 bits per heavy atom. The molecular formula is C17H28N2. The molecule has 2 nitrogen and oxygen atoms in total. The van der Waals surface area contributed by atoms with Gasteiger partial charge in [-0.2, -0.15) is 0 Å². The van der Waals surface area contributed by atoms with Crippen molar-refractivity contribution < 1.29 is 0 Å². The normalized spacial score (nSPS) is 18.5. The Morgan fingerprint density at radius 3 is 2.63 bits per heavy atom. The van der Waals surface area contributed by atoms with Gasteiger partial charge in [-0.15, -0.1) is 0 Å². The molecule has 0 bridgehead atoms. The second-order valence-corrected chi connectivity index (χ2v) is 6.01. The van der Waals surface area contributed by atoms with E-state index in [1.54, 1.807) is 0 Å². The number of hydrogen-bond donors (Lipinski definition) is 1. The minimum Gasteiger partial charge on any atom is -0.311 e. The van der Waals surface area contributed by atoms with Crippen molar-refractivity contribution in [2.24, 2.45) is 0 Å². The molecule has 0 aromatic heterocycles. The highest BCUT2D eigenvalue weighted by Crippen LogP contribution is 2.12. The Labute approximate surface area is 118 Å².